The van der Waals surface area contributed by atoms with Gasteiger partial charge in [-0.1, -0.05) is 378 Å². The Morgan fingerprint density at radius 2 is 0.489 bits per heavy atom. The minimum atomic E-state index is -0.806. The molecule has 5 nitrogen and oxygen atoms in total. The Morgan fingerprint density at radius 3 is 0.739 bits per heavy atom. The van der Waals surface area contributed by atoms with Crippen LogP contribution < -0.4 is 0 Å². The molecule has 0 aromatic carbocycles. The molecule has 0 aliphatic heterocycles. The first-order valence-electron chi connectivity index (χ1n) is 37.4. The summed E-state index contributed by atoms with van der Waals surface area (Å²) >= 11 is 0. The van der Waals surface area contributed by atoms with Gasteiger partial charge in [0, 0.05) is 12.8 Å². The van der Waals surface area contributed by atoms with Crippen LogP contribution in [-0.2, 0) is 19.1 Å². The Labute approximate surface area is 546 Å². The first-order chi connectivity index (χ1) is 43.6. The van der Waals surface area contributed by atoms with Gasteiger partial charge in [0.25, 0.3) is 0 Å². The zero-order valence-electron chi connectivity index (χ0n) is 57.7. The maximum absolute atomic E-state index is 12.4. The third kappa shape index (κ3) is 74.2. The lowest BCUT2D eigenvalue weighted by molar-refractivity contribution is -0.161. The summed E-state index contributed by atoms with van der Waals surface area (Å²) in [6.45, 7) is 4.02. The Morgan fingerprint density at radius 1 is 0.273 bits per heavy atom. The van der Waals surface area contributed by atoms with Crippen LogP contribution in [0.2, 0.25) is 0 Å². The lowest BCUT2D eigenvalue weighted by Crippen LogP contribution is -2.28. The second-order valence-electron chi connectivity index (χ2n) is 24.7. The molecule has 502 valence electrons. The lowest BCUT2D eigenvalue weighted by Gasteiger charge is -2.15. The summed E-state index contributed by atoms with van der Waals surface area (Å²) < 4.78 is 10.7. The molecule has 0 aromatic rings. The SMILES string of the molecule is CC/C=C\C/C=C\C/C=C\C/C=C\C/C=C\C/C=C\C/C=C\C/C=C\C/C=C\C/C=C\C/C=C\C/C=C\CCCCC(=O)OC(CO)COC(=O)CCCCCCCCCCCCCCCCCCCCCCCCCCCCCCCCCCCCC. The van der Waals surface area contributed by atoms with E-state index in [1.807, 2.05) is 0 Å². The molecule has 0 aliphatic rings. The van der Waals surface area contributed by atoms with Gasteiger partial charge in [-0.25, -0.2) is 0 Å². The van der Waals surface area contributed by atoms with Gasteiger partial charge in [-0.15, -0.1) is 0 Å². The number of aliphatic hydroxyl groups is 1. The number of aliphatic hydroxyl groups excluding tert-OH is 1. The second-order valence-corrected chi connectivity index (χ2v) is 24.7. The molecule has 0 aromatic heterocycles. The first-order valence-corrected chi connectivity index (χ1v) is 37.4. The average molecular weight is 1220 g/mol. The molecule has 0 bridgehead atoms. The topological polar surface area (TPSA) is 72.8 Å². The zero-order chi connectivity index (χ0) is 63.3. The number of unbranched alkanes of at least 4 members (excludes halogenated alkanes) is 36. The number of carbonyl (C=O) groups excluding carboxylic acids is 2. The van der Waals surface area contributed by atoms with Gasteiger partial charge in [-0.2, -0.15) is 0 Å². The van der Waals surface area contributed by atoms with E-state index in [0.717, 1.165) is 116 Å². The van der Waals surface area contributed by atoms with Crippen molar-refractivity contribution in [2.24, 2.45) is 0 Å². The number of esters is 2. The predicted octanol–water partition coefficient (Wildman–Crippen LogP) is 26.4. The standard InChI is InChI=1S/C83H140O5/c1-3-5-7-9-11-13-15-17-19-21-23-25-27-29-31-33-35-37-39-40-41-42-44-46-48-50-52-54-56-58-60-62-64-66-68-70-72-74-76-78-83(86)88-81(79-84)80-87-82(85)77-75-73-71-69-67-65-63-61-59-57-55-53-51-49-47-45-43-38-36-34-32-30-28-26-24-22-20-18-16-14-12-10-8-6-4-2/h5,7,11,13,17,19,23,25,29,31,35,37,40-41,44,46,50,52,56,58,62,64,68,70,81,84H,3-4,6,8-10,12,14-16,18,20-22,24,26-28,30,32-34,36,38-39,42-43,45,47-49,51,53-55,57,59-61,63,65-67,69,71-80H2,1-2H3/b7-5-,13-11-,19-17-,25-23-,31-29-,37-35-,41-40-,46-44-,52-50-,58-56-,64-62-,70-68-. The van der Waals surface area contributed by atoms with Crippen LogP contribution >= 0.6 is 0 Å². The van der Waals surface area contributed by atoms with E-state index in [4.69, 9.17) is 9.47 Å². The fraction of sp³-hybridized carbons (Fsp3) is 0.687. The van der Waals surface area contributed by atoms with Crippen LogP contribution in [-0.4, -0.2) is 36.4 Å². The number of hydrogen-bond acceptors (Lipinski definition) is 5. The van der Waals surface area contributed by atoms with Crippen molar-refractivity contribution < 1.29 is 24.2 Å². The summed E-state index contributed by atoms with van der Waals surface area (Å²) in [4.78, 5) is 24.7. The van der Waals surface area contributed by atoms with Crippen molar-refractivity contribution in [2.45, 2.75) is 354 Å². The summed E-state index contributed by atoms with van der Waals surface area (Å²) in [5, 5.41) is 9.70. The maximum Gasteiger partial charge on any atom is 0.306 e. The Bertz CT molecular complexity index is 1810. The Balaban J connectivity index is 3.56. The molecule has 0 fully saturated rings. The molecule has 1 N–H and O–H groups in total. The minimum absolute atomic E-state index is 0.0888. The van der Waals surface area contributed by atoms with Gasteiger partial charge in [-0.05, 0) is 103 Å². The van der Waals surface area contributed by atoms with Crippen molar-refractivity contribution in [3.05, 3.63) is 146 Å². The number of hydrogen-bond donors (Lipinski definition) is 1. The first kappa shape index (κ1) is 83.8. The van der Waals surface area contributed by atoms with Gasteiger partial charge in [-0.3, -0.25) is 9.59 Å². The number of carbonyl (C=O) groups is 2. The van der Waals surface area contributed by atoms with Gasteiger partial charge < -0.3 is 14.6 Å². The highest BCUT2D eigenvalue weighted by Gasteiger charge is 2.16. The summed E-state index contributed by atoms with van der Waals surface area (Å²) in [5.41, 5.74) is 0. The minimum Gasteiger partial charge on any atom is -0.462 e. The van der Waals surface area contributed by atoms with E-state index < -0.39 is 6.10 Å². The van der Waals surface area contributed by atoms with E-state index in [9.17, 15) is 14.7 Å². The number of allylic oxidation sites excluding steroid dienone is 24. The fourth-order valence-electron chi connectivity index (χ4n) is 10.6. The van der Waals surface area contributed by atoms with Crippen molar-refractivity contribution in [2.75, 3.05) is 13.2 Å². The van der Waals surface area contributed by atoms with E-state index >= 15 is 0 Å². The van der Waals surface area contributed by atoms with Crippen molar-refractivity contribution in [1.82, 2.24) is 0 Å². The number of rotatable bonds is 68. The molecule has 0 spiro atoms. The van der Waals surface area contributed by atoms with Crippen LogP contribution in [0, 0.1) is 0 Å². The quantitative estimate of drug-likeness (QED) is 0.0373. The Kier molecular flexibility index (Phi) is 73.3. The highest BCUT2D eigenvalue weighted by molar-refractivity contribution is 5.70. The van der Waals surface area contributed by atoms with Gasteiger partial charge in [0.2, 0.25) is 0 Å². The van der Waals surface area contributed by atoms with Crippen LogP contribution in [0.5, 0.6) is 0 Å². The third-order valence-corrected chi connectivity index (χ3v) is 16.1. The van der Waals surface area contributed by atoms with Gasteiger partial charge >= 0.3 is 11.9 Å². The second kappa shape index (κ2) is 77.0. The molecule has 88 heavy (non-hydrogen) atoms. The van der Waals surface area contributed by atoms with E-state index in [-0.39, 0.29) is 25.2 Å². The number of ether oxygens (including phenoxy) is 2. The van der Waals surface area contributed by atoms with Crippen molar-refractivity contribution in [1.29, 1.82) is 0 Å². The summed E-state index contributed by atoms with van der Waals surface area (Å²) in [7, 11) is 0. The molecule has 0 radical (unpaired) electrons. The maximum atomic E-state index is 12.4. The smallest absolute Gasteiger partial charge is 0.306 e. The largest absolute Gasteiger partial charge is 0.462 e. The summed E-state index contributed by atoms with van der Waals surface area (Å²) in [6, 6.07) is 0. The highest BCUT2D eigenvalue weighted by Crippen LogP contribution is 2.18. The molecule has 1 atom stereocenters. The molecule has 0 heterocycles. The van der Waals surface area contributed by atoms with Crippen LogP contribution in [0.3, 0.4) is 0 Å². The van der Waals surface area contributed by atoms with E-state index in [2.05, 4.69) is 160 Å². The van der Waals surface area contributed by atoms with E-state index in [1.165, 1.54) is 205 Å². The molecule has 5 heteroatoms. The van der Waals surface area contributed by atoms with Crippen LogP contribution in [0.1, 0.15) is 348 Å². The van der Waals surface area contributed by atoms with Gasteiger partial charge in [0.15, 0.2) is 6.10 Å². The average Bonchev–Trinajstić information content (AvgIpc) is 3.54. The third-order valence-electron chi connectivity index (χ3n) is 16.1. The summed E-state index contributed by atoms with van der Waals surface area (Å²) in [5.74, 6) is -0.638. The molecule has 0 saturated heterocycles. The molecular weight excluding hydrogens is 1080 g/mol. The zero-order valence-corrected chi connectivity index (χ0v) is 57.7. The monoisotopic (exact) mass is 1220 g/mol. The van der Waals surface area contributed by atoms with E-state index in [0.29, 0.717) is 12.8 Å². The molecule has 0 rings (SSSR count). The van der Waals surface area contributed by atoms with Crippen molar-refractivity contribution >= 4 is 11.9 Å². The van der Waals surface area contributed by atoms with Crippen LogP contribution in [0.25, 0.3) is 0 Å². The highest BCUT2D eigenvalue weighted by atomic mass is 16.6. The van der Waals surface area contributed by atoms with Crippen molar-refractivity contribution in [3.63, 3.8) is 0 Å². The van der Waals surface area contributed by atoms with Crippen LogP contribution in [0.4, 0.5) is 0 Å². The van der Waals surface area contributed by atoms with Crippen molar-refractivity contribution in [3.8, 4) is 0 Å². The lowest BCUT2D eigenvalue weighted by atomic mass is 10.0. The Hall–Kier alpha value is -4.22. The van der Waals surface area contributed by atoms with Gasteiger partial charge in [0.05, 0.1) is 6.61 Å². The van der Waals surface area contributed by atoms with E-state index in [1.54, 1.807) is 0 Å². The molecule has 0 saturated carbocycles. The predicted molar refractivity (Wildman–Crippen MR) is 389 cm³/mol. The van der Waals surface area contributed by atoms with Crippen LogP contribution in [0.15, 0.2) is 146 Å². The normalized spacial score (nSPS) is 13.1. The van der Waals surface area contributed by atoms with Gasteiger partial charge in [0.1, 0.15) is 6.61 Å². The fourth-order valence-corrected chi connectivity index (χ4v) is 10.6. The molecule has 0 aliphatic carbocycles. The molecule has 0 amide bonds. The molecular formula is C83H140O5. The summed E-state index contributed by atoms with van der Waals surface area (Å²) in [6.07, 6.45) is 116. The molecule has 1 unspecified atom stereocenters.